The number of anilines is 1. The number of thiophene rings is 1. The summed E-state index contributed by atoms with van der Waals surface area (Å²) < 4.78 is 28.5. The summed E-state index contributed by atoms with van der Waals surface area (Å²) in [6.45, 7) is 2.65. The van der Waals surface area contributed by atoms with Gasteiger partial charge in [0.15, 0.2) is 0 Å². The van der Waals surface area contributed by atoms with Crippen LogP contribution in [0, 0.1) is 11.6 Å². The van der Waals surface area contributed by atoms with E-state index >= 15 is 0 Å². The van der Waals surface area contributed by atoms with Crippen LogP contribution in [0.4, 0.5) is 14.5 Å². The Hall–Kier alpha value is -0.940. The minimum absolute atomic E-state index is 0.00354. The standard InChI is InChI=1S/C15H14BrF2NS/c1-9-11-3-5-20-14(11)2-4-19(9)15-12(17)6-10(8-16)7-13(15)18/h3,5-7,9H,2,4,8H2,1H3. The summed E-state index contributed by atoms with van der Waals surface area (Å²) >= 11 is 4.95. The molecule has 2 heterocycles. The van der Waals surface area contributed by atoms with Gasteiger partial charge in [-0.25, -0.2) is 8.78 Å². The van der Waals surface area contributed by atoms with E-state index in [0.717, 1.165) is 6.42 Å². The van der Waals surface area contributed by atoms with E-state index in [1.165, 1.54) is 22.6 Å². The zero-order chi connectivity index (χ0) is 14.3. The van der Waals surface area contributed by atoms with Crippen LogP contribution >= 0.6 is 27.3 Å². The van der Waals surface area contributed by atoms with Gasteiger partial charge >= 0.3 is 0 Å². The van der Waals surface area contributed by atoms with E-state index in [4.69, 9.17) is 0 Å². The quantitative estimate of drug-likeness (QED) is 0.680. The van der Waals surface area contributed by atoms with Crippen LogP contribution in [0.2, 0.25) is 0 Å². The summed E-state index contributed by atoms with van der Waals surface area (Å²) in [5.41, 5.74) is 1.90. The van der Waals surface area contributed by atoms with Gasteiger partial charge in [-0.1, -0.05) is 15.9 Å². The molecule has 0 aliphatic carbocycles. The van der Waals surface area contributed by atoms with Crippen LogP contribution in [0.25, 0.3) is 0 Å². The second-order valence-electron chi connectivity index (χ2n) is 4.96. The molecule has 1 aromatic carbocycles. The van der Waals surface area contributed by atoms with Gasteiger partial charge in [0.25, 0.3) is 0 Å². The van der Waals surface area contributed by atoms with Crippen molar-refractivity contribution in [2.45, 2.75) is 24.7 Å². The first-order valence-corrected chi connectivity index (χ1v) is 8.48. The molecule has 1 aliphatic rings. The topological polar surface area (TPSA) is 3.24 Å². The molecule has 1 atom stereocenters. The summed E-state index contributed by atoms with van der Waals surface area (Å²) in [7, 11) is 0. The molecular weight excluding hydrogens is 344 g/mol. The Morgan fingerprint density at radius 3 is 2.70 bits per heavy atom. The molecular formula is C15H14BrF2NS. The number of rotatable bonds is 2. The lowest BCUT2D eigenvalue weighted by Gasteiger charge is -2.36. The molecule has 1 aromatic heterocycles. The van der Waals surface area contributed by atoms with Crippen LogP contribution in [0.15, 0.2) is 23.6 Å². The van der Waals surface area contributed by atoms with Crippen molar-refractivity contribution in [1.82, 2.24) is 0 Å². The lowest BCUT2D eigenvalue weighted by molar-refractivity contribution is 0.541. The van der Waals surface area contributed by atoms with E-state index in [9.17, 15) is 8.78 Å². The summed E-state index contributed by atoms with van der Waals surface area (Å²) in [5.74, 6) is -0.963. The van der Waals surface area contributed by atoms with Gasteiger partial charge in [-0.05, 0) is 48.1 Å². The van der Waals surface area contributed by atoms with Crippen LogP contribution in [0.3, 0.4) is 0 Å². The molecule has 0 saturated heterocycles. The Morgan fingerprint density at radius 1 is 1.35 bits per heavy atom. The molecule has 0 N–H and O–H groups in total. The second kappa shape index (κ2) is 5.45. The van der Waals surface area contributed by atoms with Gasteiger partial charge in [0.05, 0.1) is 6.04 Å². The Balaban J connectivity index is 2.02. The van der Waals surface area contributed by atoms with Gasteiger partial charge in [0.2, 0.25) is 0 Å². The molecule has 0 saturated carbocycles. The lowest BCUT2D eigenvalue weighted by Crippen LogP contribution is -2.34. The third-order valence-electron chi connectivity index (χ3n) is 3.80. The van der Waals surface area contributed by atoms with Gasteiger partial charge in [-0.2, -0.15) is 0 Å². The molecule has 1 aliphatic heterocycles. The normalized spacial score (nSPS) is 18.2. The average molecular weight is 358 g/mol. The van der Waals surface area contributed by atoms with E-state index in [1.807, 2.05) is 17.2 Å². The molecule has 0 fully saturated rings. The number of nitrogens with zero attached hydrogens (tertiary/aromatic N) is 1. The molecule has 5 heteroatoms. The first kappa shape index (κ1) is 14.0. The Labute approximate surface area is 129 Å². The molecule has 0 bridgehead atoms. The summed E-state index contributed by atoms with van der Waals surface area (Å²) in [6, 6.07) is 4.87. The van der Waals surface area contributed by atoms with Gasteiger partial charge in [0, 0.05) is 16.8 Å². The fourth-order valence-electron chi connectivity index (χ4n) is 2.78. The van der Waals surface area contributed by atoms with Crippen molar-refractivity contribution >= 4 is 33.0 Å². The number of halogens is 3. The summed E-state index contributed by atoms with van der Waals surface area (Å²) in [5, 5.41) is 2.50. The van der Waals surface area contributed by atoms with Gasteiger partial charge in [0.1, 0.15) is 17.3 Å². The van der Waals surface area contributed by atoms with Crippen molar-refractivity contribution in [2.75, 3.05) is 11.4 Å². The maximum Gasteiger partial charge on any atom is 0.149 e. The lowest BCUT2D eigenvalue weighted by atomic mass is 10.00. The second-order valence-corrected chi connectivity index (χ2v) is 6.52. The number of benzene rings is 1. The molecule has 0 radical (unpaired) electrons. The maximum absolute atomic E-state index is 14.3. The van der Waals surface area contributed by atoms with Gasteiger partial charge in [-0.3, -0.25) is 0 Å². The van der Waals surface area contributed by atoms with Gasteiger partial charge in [-0.15, -0.1) is 11.3 Å². The highest BCUT2D eigenvalue weighted by Crippen LogP contribution is 2.38. The smallest absolute Gasteiger partial charge is 0.149 e. The van der Waals surface area contributed by atoms with E-state index < -0.39 is 11.6 Å². The van der Waals surface area contributed by atoms with Crippen LogP contribution in [-0.4, -0.2) is 6.54 Å². The molecule has 2 aromatic rings. The van der Waals surface area contributed by atoms with Crippen LogP contribution < -0.4 is 4.90 Å². The van der Waals surface area contributed by atoms with Crippen molar-refractivity contribution in [2.24, 2.45) is 0 Å². The van der Waals surface area contributed by atoms with E-state index in [2.05, 4.69) is 22.0 Å². The molecule has 20 heavy (non-hydrogen) atoms. The Morgan fingerprint density at radius 2 is 2.05 bits per heavy atom. The average Bonchev–Trinajstić information content (AvgIpc) is 2.89. The van der Waals surface area contributed by atoms with Crippen LogP contribution in [0.1, 0.15) is 29.0 Å². The highest BCUT2D eigenvalue weighted by molar-refractivity contribution is 9.08. The Bertz CT molecular complexity index is 618. The maximum atomic E-state index is 14.3. The zero-order valence-corrected chi connectivity index (χ0v) is 13.4. The fourth-order valence-corrected chi connectivity index (χ4v) is 4.07. The van der Waals surface area contributed by atoms with Crippen molar-refractivity contribution in [1.29, 1.82) is 0 Å². The largest absolute Gasteiger partial charge is 0.360 e. The Kier molecular flexibility index (Phi) is 3.82. The third kappa shape index (κ3) is 2.27. The number of fused-ring (bicyclic) bond motifs is 1. The SMILES string of the molecule is CC1c2ccsc2CCN1c1c(F)cc(CBr)cc1F. The van der Waals surface area contributed by atoms with Crippen LogP contribution in [-0.2, 0) is 11.8 Å². The fraction of sp³-hybridized carbons (Fsp3) is 0.333. The summed E-state index contributed by atoms with van der Waals surface area (Å²) in [6.07, 6.45) is 0.844. The number of alkyl halides is 1. The van der Waals surface area contributed by atoms with E-state index in [0.29, 0.717) is 17.4 Å². The number of hydrogen-bond donors (Lipinski definition) is 0. The first-order valence-electron chi connectivity index (χ1n) is 6.48. The highest BCUT2D eigenvalue weighted by atomic mass is 79.9. The van der Waals surface area contributed by atoms with Crippen molar-refractivity contribution in [3.8, 4) is 0 Å². The zero-order valence-electron chi connectivity index (χ0n) is 11.0. The van der Waals surface area contributed by atoms with E-state index in [-0.39, 0.29) is 11.7 Å². The molecule has 3 rings (SSSR count). The molecule has 106 valence electrons. The van der Waals surface area contributed by atoms with E-state index in [1.54, 1.807) is 11.3 Å². The molecule has 0 amide bonds. The molecule has 1 nitrogen and oxygen atoms in total. The predicted molar refractivity (Wildman–Crippen MR) is 82.8 cm³/mol. The minimum atomic E-state index is -0.482. The molecule has 0 spiro atoms. The van der Waals surface area contributed by atoms with Crippen molar-refractivity contribution in [3.05, 3.63) is 51.2 Å². The predicted octanol–water partition coefficient (Wildman–Crippen LogP) is 5.04. The van der Waals surface area contributed by atoms with Crippen molar-refractivity contribution < 1.29 is 8.78 Å². The summed E-state index contributed by atoms with van der Waals surface area (Å²) in [4.78, 5) is 3.16. The monoisotopic (exact) mass is 357 g/mol. The number of hydrogen-bond acceptors (Lipinski definition) is 2. The van der Waals surface area contributed by atoms with Crippen LogP contribution in [0.5, 0.6) is 0 Å². The highest BCUT2D eigenvalue weighted by Gasteiger charge is 2.28. The minimum Gasteiger partial charge on any atom is -0.360 e. The third-order valence-corrected chi connectivity index (χ3v) is 5.44. The van der Waals surface area contributed by atoms with Crippen molar-refractivity contribution in [3.63, 3.8) is 0 Å². The van der Waals surface area contributed by atoms with Gasteiger partial charge < -0.3 is 4.90 Å². The molecule has 1 unspecified atom stereocenters. The first-order chi connectivity index (χ1) is 9.61.